The Morgan fingerprint density at radius 2 is 1.86 bits per heavy atom. The number of nitrogens with zero attached hydrogens (tertiary/aromatic N) is 4. The number of likely N-dealkylation sites (N-methyl/N-ethyl adjacent to an activating group) is 1. The van der Waals surface area contributed by atoms with Gasteiger partial charge in [-0.2, -0.15) is 5.10 Å². The van der Waals surface area contributed by atoms with Gasteiger partial charge in [-0.3, -0.25) is 10.1 Å². The number of hydrogen-bond acceptors (Lipinski definition) is 4. The van der Waals surface area contributed by atoms with Crippen molar-refractivity contribution in [1.29, 1.82) is 0 Å². The van der Waals surface area contributed by atoms with Gasteiger partial charge in [0.15, 0.2) is 0 Å². The van der Waals surface area contributed by atoms with Gasteiger partial charge in [-0.25, -0.2) is 4.79 Å². The van der Waals surface area contributed by atoms with Crippen molar-refractivity contribution in [3.8, 4) is 11.3 Å². The van der Waals surface area contributed by atoms with Crippen LogP contribution < -0.4 is 5.32 Å². The van der Waals surface area contributed by atoms with Crippen molar-refractivity contribution >= 4 is 22.6 Å². The molecule has 29 heavy (non-hydrogen) atoms. The Hall–Kier alpha value is -2.93. The molecular weight excluding hydrogens is 364 g/mol. The lowest BCUT2D eigenvalue weighted by Crippen LogP contribution is -2.48. The molecule has 2 aromatic heterocycles. The summed E-state index contributed by atoms with van der Waals surface area (Å²) in [6.45, 7) is 8.79. The molecular formula is C22H26N6O. The third kappa shape index (κ3) is 3.06. The summed E-state index contributed by atoms with van der Waals surface area (Å²) in [5, 5.41) is 11.9. The van der Waals surface area contributed by atoms with Crippen LogP contribution in [-0.2, 0) is 6.54 Å². The Labute approximate surface area is 170 Å². The van der Waals surface area contributed by atoms with Crippen molar-refractivity contribution in [2.75, 3.05) is 25.5 Å². The van der Waals surface area contributed by atoms with E-state index in [4.69, 9.17) is 0 Å². The van der Waals surface area contributed by atoms with Gasteiger partial charge in [-0.1, -0.05) is 6.92 Å². The summed E-state index contributed by atoms with van der Waals surface area (Å²) < 4.78 is 0. The summed E-state index contributed by atoms with van der Waals surface area (Å²) in [4.78, 5) is 21.6. The zero-order valence-electron chi connectivity index (χ0n) is 17.3. The van der Waals surface area contributed by atoms with E-state index in [0.717, 1.165) is 57.9 Å². The maximum atomic E-state index is 12.8. The average molecular weight is 390 g/mol. The summed E-state index contributed by atoms with van der Waals surface area (Å²) in [7, 11) is 2.12. The highest BCUT2D eigenvalue weighted by Crippen LogP contribution is 2.35. The number of aryl methyl sites for hydroxylation is 2. The molecule has 2 aliphatic rings. The number of rotatable bonds is 2. The summed E-state index contributed by atoms with van der Waals surface area (Å²) >= 11 is 0. The molecule has 7 nitrogen and oxygen atoms in total. The number of benzene rings is 1. The van der Waals surface area contributed by atoms with Crippen LogP contribution in [0.4, 0.5) is 10.5 Å². The van der Waals surface area contributed by atoms with Gasteiger partial charge >= 0.3 is 6.03 Å². The maximum absolute atomic E-state index is 12.8. The van der Waals surface area contributed by atoms with E-state index in [-0.39, 0.29) is 12.1 Å². The number of aromatic amines is 1. The molecule has 0 spiro atoms. The van der Waals surface area contributed by atoms with E-state index >= 15 is 0 Å². The minimum Gasteiger partial charge on any atom is -0.316 e. The highest BCUT2D eigenvalue weighted by Gasteiger charge is 2.37. The van der Waals surface area contributed by atoms with Gasteiger partial charge in [0.05, 0.1) is 11.6 Å². The van der Waals surface area contributed by atoms with E-state index in [1.54, 1.807) is 0 Å². The number of hydrogen-bond donors (Lipinski definition) is 2. The van der Waals surface area contributed by atoms with Crippen LogP contribution >= 0.6 is 0 Å². The molecule has 7 heteroatoms. The SMILES string of the molecule is Cc1cc(-c2n[nH]c3cc4c(cc23)CN([C@@H]2CN(C)C[C@H]2C)C(=O)N4)cc(C)n1. The lowest BCUT2D eigenvalue weighted by molar-refractivity contribution is 0.170. The van der Waals surface area contributed by atoms with Crippen LogP contribution in [-0.4, -0.2) is 57.2 Å². The van der Waals surface area contributed by atoms with Crippen molar-refractivity contribution < 1.29 is 4.79 Å². The largest absolute Gasteiger partial charge is 0.322 e. The predicted molar refractivity (Wildman–Crippen MR) is 114 cm³/mol. The monoisotopic (exact) mass is 390 g/mol. The van der Waals surface area contributed by atoms with Crippen molar-refractivity contribution in [3.63, 3.8) is 0 Å². The zero-order valence-corrected chi connectivity index (χ0v) is 17.3. The van der Waals surface area contributed by atoms with Gasteiger partial charge in [0.1, 0.15) is 5.69 Å². The first-order valence-electron chi connectivity index (χ1n) is 10.1. The van der Waals surface area contributed by atoms with Gasteiger partial charge in [0, 0.05) is 47.7 Å². The molecule has 0 bridgehead atoms. The number of H-pyrrole nitrogens is 1. The van der Waals surface area contributed by atoms with Crippen LogP contribution in [0.25, 0.3) is 22.2 Å². The normalized spacial score (nSPS) is 22.2. The van der Waals surface area contributed by atoms with Gasteiger partial charge in [0.25, 0.3) is 0 Å². The zero-order chi connectivity index (χ0) is 20.3. The lowest BCUT2D eigenvalue weighted by Gasteiger charge is -2.35. The Morgan fingerprint density at radius 1 is 1.10 bits per heavy atom. The quantitative estimate of drug-likeness (QED) is 0.702. The second-order valence-electron chi connectivity index (χ2n) is 8.59. The van der Waals surface area contributed by atoms with E-state index in [2.05, 4.69) is 57.6 Å². The molecule has 2 amide bonds. The Morgan fingerprint density at radius 3 is 2.55 bits per heavy atom. The number of anilines is 1. The number of urea groups is 1. The molecule has 3 aromatic rings. The lowest BCUT2D eigenvalue weighted by atomic mass is 10.00. The summed E-state index contributed by atoms with van der Waals surface area (Å²) in [5.41, 5.74) is 6.86. The third-order valence-electron chi connectivity index (χ3n) is 6.14. The predicted octanol–water partition coefficient (Wildman–Crippen LogP) is 3.54. The molecule has 1 fully saturated rings. The van der Waals surface area contributed by atoms with Crippen LogP contribution in [0.5, 0.6) is 0 Å². The van der Waals surface area contributed by atoms with E-state index in [1.807, 2.05) is 24.8 Å². The minimum absolute atomic E-state index is 0.0101. The number of carbonyl (C=O) groups is 1. The van der Waals surface area contributed by atoms with Crippen molar-refractivity contribution in [3.05, 3.63) is 41.2 Å². The second kappa shape index (κ2) is 6.56. The van der Waals surface area contributed by atoms with Crippen molar-refractivity contribution in [2.45, 2.75) is 33.4 Å². The summed E-state index contributed by atoms with van der Waals surface area (Å²) in [6.07, 6.45) is 0. The van der Waals surface area contributed by atoms with Crippen molar-refractivity contribution in [1.82, 2.24) is 25.0 Å². The average Bonchev–Trinajstić information content (AvgIpc) is 3.20. The molecule has 0 radical (unpaired) electrons. The Balaban J connectivity index is 1.55. The van der Waals surface area contributed by atoms with Gasteiger partial charge < -0.3 is 15.1 Å². The van der Waals surface area contributed by atoms with E-state index in [9.17, 15) is 4.79 Å². The molecule has 0 aliphatic carbocycles. The number of likely N-dealkylation sites (tertiary alicyclic amines) is 1. The number of fused-ring (bicyclic) bond motifs is 2. The number of aromatic nitrogens is 3. The molecule has 1 saturated heterocycles. The number of amides is 2. The fourth-order valence-corrected chi connectivity index (χ4v) is 4.85. The smallest absolute Gasteiger partial charge is 0.316 e. The minimum atomic E-state index is -0.0101. The van der Waals surface area contributed by atoms with Gasteiger partial charge in [-0.05, 0) is 56.6 Å². The molecule has 2 N–H and O–H groups in total. The molecule has 150 valence electrons. The number of pyridine rings is 1. The van der Waals surface area contributed by atoms with Crippen LogP contribution in [0.15, 0.2) is 24.3 Å². The number of carbonyl (C=O) groups excluding carboxylic acids is 1. The maximum Gasteiger partial charge on any atom is 0.322 e. The highest BCUT2D eigenvalue weighted by atomic mass is 16.2. The molecule has 4 heterocycles. The molecule has 0 saturated carbocycles. The van der Waals surface area contributed by atoms with Gasteiger partial charge in [0.2, 0.25) is 0 Å². The molecule has 5 rings (SSSR count). The van der Waals surface area contributed by atoms with Gasteiger partial charge in [-0.15, -0.1) is 0 Å². The van der Waals surface area contributed by atoms with Crippen LogP contribution in [0.2, 0.25) is 0 Å². The van der Waals surface area contributed by atoms with Crippen LogP contribution in [0, 0.1) is 19.8 Å². The summed E-state index contributed by atoms with van der Waals surface area (Å²) in [6, 6.07) is 8.52. The van der Waals surface area contributed by atoms with Crippen LogP contribution in [0.3, 0.4) is 0 Å². The first-order valence-corrected chi connectivity index (χ1v) is 10.1. The fourth-order valence-electron chi connectivity index (χ4n) is 4.85. The third-order valence-corrected chi connectivity index (χ3v) is 6.14. The van der Waals surface area contributed by atoms with Crippen LogP contribution in [0.1, 0.15) is 23.9 Å². The highest BCUT2D eigenvalue weighted by molar-refractivity contribution is 6.00. The van der Waals surface area contributed by atoms with E-state index in [0.29, 0.717) is 12.5 Å². The molecule has 0 unspecified atom stereocenters. The molecule has 1 aromatic carbocycles. The number of nitrogens with one attached hydrogen (secondary N) is 2. The molecule has 2 aliphatic heterocycles. The Kier molecular flexibility index (Phi) is 4.10. The standard InChI is InChI=1S/C22H26N6O/c1-12-9-27(4)11-20(12)28-10-16-7-17-19(8-18(16)24-22(28)29)25-26-21(17)15-5-13(2)23-14(3)6-15/h5-8,12,20H,9-11H2,1-4H3,(H,24,29)(H,25,26)/t12-,20-/m1/s1. The second-order valence-corrected chi connectivity index (χ2v) is 8.59. The fraction of sp³-hybridized carbons (Fsp3) is 0.409. The van der Waals surface area contributed by atoms with Crippen molar-refractivity contribution in [2.24, 2.45) is 5.92 Å². The first-order chi connectivity index (χ1) is 13.9. The topological polar surface area (TPSA) is 77.2 Å². The molecule has 2 atom stereocenters. The first kappa shape index (κ1) is 18.1. The summed E-state index contributed by atoms with van der Waals surface area (Å²) in [5.74, 6) is 0.461. The van der Waals surface area contributed by atoms with E-state index in [1.165, 1.54) is 0 Å². The Bertz CT molecular complexity index is 1100. The van der Waals surface area contributed by atoms with E-state index < -0.39 is 0 Å².